The lowest BCUT2D eigenvalue weighted by atomic mass is 10.2. The van der Waals surface area contributed by atoms with Crippen molar-refractivity contribution in [1.29, 1.82) is 0 Å². The normalized spacial score (nSPS) is 10.9. The second kappa shape index (κ2) is 10.1. The molecule has 7 heteroatoms. The maximum Gasteiger partial charge on any atom is 0.336 e. The molecular formula is C22H16BrN3O3. The average Bonchev–Trinajstić information content (AvgIpc) is 2.75. The van der Waals surface area contributed by atoms with Crippen molar-refractivity contribution in [3.05, 3.63) is 100 Å². The highest BCUT2D eigenvalue weighted by molar-refractivity contribution is 9.10. The van der Waals surface area contributed by atoms with Gasteiger partial charge in [-0.3, -0.25) is 9.78 Å². The molecule has 0 aliphatic carbocycles. The van der Waals surface area contributed by atoms with Gasteiger partial charge in [-0.15, -0.1) is 0 Å². The molecule has 1 heterocycles. The van der Waals surface area contributed by atoms with Crippen LogP contribution >= 0.6 is 15.9 Å². The molecule has 144 valence electrons. The smallest absolute Gasteiger partial charge is 0.336 e. The molecule has 0 aliphatic rings. The summed E-state index contributed by atoms with van der Waals surface area (Å²) in [6.45, 7) is 0. The van der Waals surface area contributed by atoms with Crippen LogP contribution in [0.25, 0.3) is 6.08 Å². The fourth-order valence-corrected chi connectivity index (χ4v) is 2.69. The molecule has 29 heavy (non-hydrogen) atoms. The Labute approximate surface area is 176 Å². The minimum absolute atomic E-state index is 0.317. The van der Waals surface area contributed by atoms with Crippen molar-refractivity contribution in [2.45, 2.75) is 0 Å². The van der Waals surface area contributed by atoms with E-state index in [1.54, 1.807) is 36.4 Å². The highest BCUT2D eigenvalue weighted by Gasteiger charge is 2.08. The number of rotatable bonds is 6. The first kappa shape index (κ1) is 20.2. The van der Waals surface area contributed by atoms with Gasteiger partial charge in [0.15, 0.2) is 0 Å². The Kier molecular flexibility index (Phi) is 7.02. The van der Waals surface area contributed by atoms with Gasteiger partial charge in [-0.1, -0.05) is 46.3 Å². The Morgan fingerprint density at radius 1 is 1.03 bits per heavy atom. The Morgan fingerprint density at radius 3 is 2.55 bits per heavy atom. The lowest BCUT2D eigenvalue weighted by Crippen LogP contribution is -2.17. The number of esters is 1. The molecule has 0 bridgehead atoms. The second-order valence-corrected chi connectivity index (χ2v) is 6.70. The van der Waals surface area contributed by atoms with E-state index < -0.39 is 5.97 Å². The Hall–Kier alpha value is -3.58. The van der Waals surface area contributed by atoms with E-state index in [0.29, 0.717) is 16.9 Å². The molecule has 0 atom stereocenters. The molecule has 1 amide bonds. The number of benzene rings is 2. The van der Waals surface area contributed by atoms with Crippen LogP contribution in [0, 0.1) is 0 Å². The summed E-state index contributed by atoms with van der Waals surface area (Å²) < 4.78 is 6.18. The van der Waals surface area contributed by atoms with Crippen molar-refractivity contribution in [2.75, 3.05) is 0 Å². The fourth-order valence-electron chi connectivity index (χ4n) is 2.31. The number of carbonyl (C=O) groups is 2. The van der Waals surface area contributed by atoms with E-state index in [1.807, 2.05) is 30.3 Å². The summed E-state index contributed by atoms with van der Waals surface area (Å²) in [6.07, 6.45) is 7.47. The first-order valence-electron chi connectivity index (χ1n) is 8.60. The summed E-state index contributed by atoms with van der Waals surface area (Å²) in [5, 5.41) is 3.95. The predicted molar refractivity (Wildman–Crippen MR) is 115 cm³/mol. The van der Waals surface area contributed by atoms with Gasteiger partial charge < -0.3 is 4.74 Å². The van der Waals surface area contributed by atoms with Gasteiger partial charge >= 0.3 is 5.97 Å². The van der Waals surface area contributed by atoms with Crippen LogP contribution in [-0.2, 0) is 4.79 Å². The summed E-state index contributed by atoms with van der Waals surface area (Å²) in [4.78, 5) is 28.0. The molecule has 1 N–H and O–H groups in total. The van der Waals surface area contributed by atoms with E-state index in [1.165, 1.54) is 24.7 Å². The van der Waals surface area contributed by atoms with E-state index in [2.05, 4.69) is 31.4 Å². The van der Waals surface area contributed by atoms with Crippen molar-refractivity contribution in [2.24, 2.45) is 5.10 Å². The number of nitrogens with one attached hydrogen (secondary N) is 1. The van der Waals surface area contributed by atoms with Crippen LogP contribution in [0.5, 0.6) is 5.75 Å². The molecule has 3 rings (SSSR count). The molecule has 0 aliphatic heterocycles. The summed E-state index contributed by atoms with van der Waals surface area (Å²) in [6, 6.07) is 17.7. The quantitative estimate of drug-likeness (QED) is 0.201. The van der Waals surface area contributed by atoms with Gasteiger partial charge in [0, 0.05) is 34.1 Å². The molecule has 3 aromatic rings. The van der Waals surface area contributed by atoms with Crippen LogP contribution in [0.15, 0.2) is 88.7 Å². The number of hydrogen-bond donors (Lipinski definition) is 1. The van der Waals surface area contributed by atoms with E-state index in [-0.39, 0.29) is 5.91 Å². The second-order valence-electron chi connectivity index (χ2n) is 5.78. The summed E-state index contributed by atoms with van der Waals surface area (Å²) in [5.74, 6) is -0.576. The summed E-state index contributed by atoms with van der Waals surface area (Å²) in [5.41, 5.74) is 4.28. The zero-order valence-corrected chi connectivity index (χ0v) is 16.7. The lowest BCUT2D eigenvalue weighted by Gasteiger charge is -2.06. The van der Waals surface area contributed by atoms with Crippen LogP contribution in [0.3, 0.4) is 0 Å². The van der Waals surface area contributed by atoms with Crippen LogP contribution in [-0.4, -0.2) is 23.1 Å². The van der Waals surface area contributed by atoms with Crippen LogP contribution in [0.2, 0.25) is 0 Å². The minimum atomic E-state index is -0.522. The first-order chi connectivity index (χ1) is 14.1. The lowest BCUT2D eigenvalue weighted by molar-refractivity contribution is -0.128. The van der Waals surface area contributed by atoms with E-state index in [4.69, 9.17) is 4.74 Å². The first-order valence-corrected chi connectivity index (χ1v) is 9.39. The summed E-state index contributed by atoms with van der Waals surface area (Å²) in [7, 11) is 0. The van der Waals surface area contributed by atoms with Crippen molar-refractivity contribution in [3.63, 3.8) is 0 Å². The van der Waals surface area contributed by atoms with Gasteiger partial charge in [-0.25, -0.2) is 10.2 Å². The molecule has 0 saturated carbocycles. The fraction of sp³-hybridized carbons (Fsp3) is 0. The molecule has 2 aromatic carbocycles. The Bertz CT molecular complexity index is 1050. The number of halogens is 1. The molecule has 0 saturated heterocycles. The number of pyridine rings is 1. The van der Waals surface area contributed by atoms with Gasteiger partial charge in [0.2, 0.25) is 0 Å². The summed E-state index contributed by atoms with van der Waals surface area (Å²) >= 11 is 3.37. The molecule has 0 unspecified atom stereocenters. The third-order valence-corrected chi connectivity index (χ3v) is 4.20. The number of hydrogen-bond acceptors (Lipinski definition) is 5. The number of amides is 1. The van der Waals surface area contributed by atoms with Crippen molar-refractivity contribution in [1.82, 2.24) is 10.4 Å². The van der Waals surface area contributed by atoms with Gasteiger partial charge in [0.05, 0.1) is 6.21 Å². The maximum atomic E-state index is 12.1. The van der Waals surface area contributed by atoms with Gasteiger partial charge in [0.1, 0.15) is 5.75 Å². The Morgan fingerprint density at radius 2 is 1.79 bits per heavy atom. The van der Waals surface area contributed by atoms with Gasteiger partial charge in [-0.05, 0) is 42.0 Å². The molecule has 0 radical (unpaired) electrons. The zero-order chi connectivity index (χ0) is 20.5. The SMILES string of the molecule is O=C(/C=C/c1ccccc1)Oc1ccc(Br)cc1/C=N\NC(=O)c1ccncc1. The maximum absolute atomic E-state index is 12.1. The zero-order valence-electron chi connectivity index (χ0n) is 15.2. The topological polar surface area (TPSA) is 80.6 Å². The molecular weight excluding hydrogens is 434 g/mol. The number of ether oxygens (including phenoxy) is 1. The molecule has 1 aromatic heterocycles. The molecule has 6 nitrogen and oxygen atoms in total. The van der Waals surface area contributed by atoms with Gasteiger partial charge in [-0.2, -0.15) is 5.10 Å². The number of carbonyl (C=O) groups excluding carboxylic acids is 2. The standard InChI is InChI=1S/C22H16BrN3O3/c23-19-7-8-20(29-21(27)9-6-16-4-2-1-3-5-16)18(14-19)15-25-26-22(28)17-10-12-24-13-11-17/h1-15H,(H,26,28)/b9-6+,25-15-. The predicted octanol–water partition coefficient (Wildman–Crippen LogP) is 4.23. The largest absolute Gasteiger partial charge is 0.423 e. The third-order valence-electron chi connectivity index (χ3n) is 3.71. The van der Waals surface area contributed by atoms with Crippen LogP contribution < -0.4 is 10.2 Å². The minimum Gasteiger partial charge on any atom is -0.423 e. The van der Waals surface area contributed by atoms with Gasteiger partial charge in [0.25, 0.3) is 5.91 Å². The molecule has 0 fully saturated rings. The van der Waals surface area contributed by atoms with Crippen LogP contribution in [0.4, 0.5) is 0 Å². The van der Waals surface area contributed by atoms with Crippen molar-refractivity contribution >= 4 is 40.1 Å². The molecule has 0 spiro atoms. The van der Waals surface area contributed by atoms with Crippen molar-refractivity contribution in [3.8, 4) is 5.75 Å². The monoisotopic (exact) mass is 449 g/mol. The van der Waals surface area contributed by atoms with E-state index in [0.717, 1.165) is 10.0 Å². The highest BCUT2D eigenvalue weighted by Crippen LogP contribution is 2.22. The highest BCUT2D eigenvalue weighted by atomic mass is 79.9. The third kappa shape index (κ3) is 6.22. The van der Waals surface area contributed by atoms with E-state index in [9.17, 15) is 9.59 Å². The Balaban J connectivity index is 1.68. The number of aromatic nitrogens is 1. The van der Waals surface area contributed by atoms with Crippen LogP contribution in [0.1, 0.15) is 21.5 Å². The average molecular weight is 450 g/mol. The van der Waals surface area contributed by atoms with E-state index >= 15 is 0 Å². The van der Waals surface area contributed by atoms with Crippen molar-refractivity contribution < 1.29 is 14.3 Å². The number of hydrazone groups is 1. The number of nitrogens with zero attached hydrogens (tertiary/aromatic N) is 2.